The first kappa shape index (κ1) is 21.5. The van der Waals surface area contributed by atoms with Crippen LogP contribution in [-0.4, -0.2) is 31.8 Å². The maximum Gasteiger partial charge on any atom is 0.330 e. The number of hydrogen-bond donors (Lipinski definition) is 0. The number of carbonyl (C=O) groups is 2. The minimum Gasteiger partial charge on any atom is -0.494 e. The molecule has 0 saturated carbocycles. The molecule has 0 N–H and O–H groups in total. The van der Waals surface area contributed by atoms with Gasteiger partial charge in [0.2, 0.25) is 0 Å². The van der Waals surface area contributed by atoms with Crippen LogP contribution in [0.3, 0.4) is 0 Å². The highest BCUT2D eigenvalue weighted by Gasteiger charge is 2.03. The van der Waals surface area contributed by atoms with E-state index in [9.17, 15) is 9.59 Å². The predicted molar refractivity (Wildman–Crippen MR) is 101 cm³/mol. The zero-order valence-electron chi connectivity index (χ0n) is 15.3. The third-order valence-electron chi connectivity index (χ3n) is 3.62. The van der Waals surface area contributed by atoms with Crippen LogP contribution in [0.25, 0.3) is 0 Å². The fraction of sp³-hybridized carbons (Fsp3) is 0.429. The average molecular weight is 360 g/mol. The molecular weight excluding hydrogens is 332 g/mol. The molecule has 0 bridgehead atoms. The fourth-order valence-electron chi connectivity index (χ4n) is 2.20. The second-order valence-electron chi connectivity index (χ2n) is 5.75. The molecule has 0 fully saturated rings. The van der Waals surface area contributed by atoms with Crippen molar-refractivity contribution in [1.29, 1.82) is 0 Å². The van der Waals surface area contributed by atoms with Gasteiger partial charge in [-0.2, -0.15) is 0 Å². The molecule has 0 heterocycles. The van der Waals surface area contributed by atoms with Gasteiger partial charge in [0, 0.05) is 12.5 Å². The van der Waals surface area contributed by atoms with Gasteiger partial charge < -0.3 is 14.2 Å². The van der Waals surface area contributed by atoms with E-state index in [0.717, 1.165) is 37.0 Å². The van der Waals surface area contributed by atoms with E-state index in [0.29, 0.717) is 26.1 Å². The highest BCUT2D eigenvalue weighted by atomic mass is 16.5. The molecule has 0 radical (unpaired) electrons. The van der Waals surface area contributed by atoms with Crippen LogP contribution >= 0.6 is 0 Å². The molecule has 5 nitrogen and oxygen atoms in total. The molecule has 0 aliphatic heterocycles. The number of rotatable bonds is 14. The molecule has 5 heteroatoms. The van der Waals surface area contributed by atoms with E-state index in [1.807, 2.05) is 24.3 Å². The van der Waals surface area contributed by atoms with Crippen molar-refractivity contribution in [3.63, 3.8) is 0 Å². The Balaban J connectivity index is 2.09. The quantitative estimate of drug-likeness (QED) is 0.217. The summed E-state index contributed by atoms with van der Waals surface area (Å²) in [6, 6.07) is 7.76. The van der Waals surface area contributed by atoms with Gasteiger partial charge in [0.25, 0.3) is 0 Å². The number of esters is 2. The van der Waals surface area contributed by atoms with Crippen LogP contribution < -0.4 is 4.74 Å². The Kier molecular flexibility index (Phi) is 11.3. The Bertz CT molecular complexity index is 562. The van der Waals surface area contributed by atoms with Crippen LogP contribution in [0.4, 0.5) is 0 Å². The molecule has 0 aromatic heterocycles. The van der Waals surface area contributed by atoms with Crippen LogP contribution in [-0.2, 0) is 25.5 Å². The predicted octanol–water partition coefficient (Wildman–Crippen LogP) is 4.02. The number of ether oxygens (including phenoxy) is 3. The lowest BCUT2D eigenvalue weighted by molar-refractivity contribution is -0.142. The topological polar surface area (TPSA) is 61.8 Å². The lowest BCUT2D eigenvalue weighted by Gasteiger charge is -2.07. The highest BCUT2D eigenvalue weighted by molar-refractivity contribution is 5.81. The Morgan fingerprint density at radius 2 is 1.62 bits per heavy atom. The van der Waals surface area contributed by atoms with Gasteiger partial charge in [-0.3, -0.25) is 4.79 Å². The van der Waals surface area contributed by atoms with Crippen molar-refractivity contribution in [3.8, 4) is 5.75 Å². The van der Waals surface area contributed by atoms with E-state index < -0.39 is 0 Å². The SMILES string of the molecule is C=CCOC(=O)CCc1ccc(OCCCCCCOC(=O)C=C)cc1. The van der Waals surface area contributed by atoms with Crippen molar-refractivity contribution < 1.29 is 23.8 Å². The van der Waals surface area contributed by atoms with Gasteiger partial charge in [0.05, 0.1) is 13.2 Å². The third kappa shape index (κ3) is 10.3. The largest absolute Gasteiger partial charge is 0.494 e. The molecule has 0 atom stereocenters. The molecule has 0 amide bonds. The number of unbranched alkanes of at least 4 members (excludes halogenated alkanes) is 3. The lowest BCUT2D eigenvalue weighted by Crippen LogP contribution is -2.05. The molecule has 0 aliphatic rings. The van der Waals surface area contributed by atoms with Crippen molar-refractivity contribution in [2.75, 3.05) is 19.8 Å². The normalized spacial score (nSPS) is 10.0. The fourth-order valence-corrected chi connectivity index (χ4v) is 2.20. The van der Waals surface area contributed by atoms with Crippen LogP contribution in [0.5, 0.6) is 5.75 Å². The summed E-state index contributed by atoms with van der Waals surface area (Å²) in [7, 11) is 0. The van der Waals surface area contributed by atoms with E-state index >= 15 is 0 Å². The maximum atomic E-state index is 11.4. The number of hydrogen-bond acceptors (Lipinski definition) is 5. The average Bonchev–Trinajstić information content (AvgIpc) is 2.67. The smallest absolute Gasteiger partial charge is 0.330 e. The minimum absolute atomic E-state index is 0.218. The summed E-state index contributed by atoms with van der Waals surface area (Å²) in [5.41, 5.74) is 1.07. The Morgan fingerprint density at radius 3 is 2.27 bits per heavy atom. The molecule has 1 rings (SSSR count). The van der Waals surface area contributed by atoms with E-state index in [2.05, 4.69) is 13.2 Å². The second kappa shape index (κ2) is 13.7. The van der Waals surface area contributed by atoms with Gasteiger partial charge in [-0.15, -0.1) is 0 Å². The second-order valence-corrected chi connectivity index (χ2v) is 5.75. The van der Waals surface area contributed by atoms with Gasteiger partial charge in [-0.25, -0.2) is 4.79 Å². The van der Waals surface area contributed by atoms with Gasteiger partial charge >= 0.3 is 11.9 Å². The first-order valence-electron chi connectivity index (χ1n) is 8.93. The first-order valence-corrected chi connectivity index (χ1v) is 8.93. The van der Waals surface area contributed by atoms with E-state index in [1.54, 1.807) is 6.08 Å². The van der Waals surface area contributed by atoms with Crippen LogP contribution in [0.15, 0.2) is 49.6 Å². The molecule has 0 unspecified atom stereocenters. The number of carbonyl (C=O) groups excluding carboxylic acids is 2. The van der Waals surface area contributed by atoms with E-state index in [1.165, 1.54) is 6.08 Å². The molecule has 0 saturated heterocycles. The summed E-state index contributed by atoms with van der Waals surface area (Å²) in [4.78, 5) is 22.3. The Morgan fingerprint density at radius 1 is 0.923 bits per heavy atom. The minimum atomic E-state index is -0.370. The number of aryl methyl sites for hydroxylation is 1. The van der Waals surface area contributed by atoms with Crippen molar-refractivity contribution in [1.82, 2.24) is 0 Å². The van der Waals surface area contributed by atoms with Crippen LogP contribution in [0.2, 0.25) is 0 Å². The lowest BCUT2D eigenvalue weighted by atomic mass is 10.1. The molecular formula is C21H28O5. The van der Waals surface area contributed by atoms with Crippen molar-refractivity contribution in [2.45, 2.75) is 38.5 Å². The monoisotopic (exact) mass is 360 g/mol. The molecule has 0 spiro atoms. The summed E-state index contributed by atoms with van der Waals surface area (Å²) < 4.78 is 15.6. The first-order chi connectivity index (χ1) is 12.7. The van der Waals surface area contributed by atoms with Crippen molar-refractivity contribution >= 4 is 11.9 Å². The summed E-state index contributed by atoms with van der Waals surface area (Å²) in [5, 5.41) is 0. The number of benzene rings is 1. The van der Waals surface area contributed by atoms with Crippen LogP contribution in [0.1, 0.15) is 37.7 Å². The van der Waals surface area contributed by atoms with Gasteiger partial charge in [-0.1, -0.05) is 31.4 Å². The van der Waals surface area contributed by atoms with E-state index in [-0.39, 0.29) is 18.5 Å². The summed E-state index contributed by atoms with van der Waals surface area (Å²) in [6.07, 6.45) is 7.55. The van der Waals surface area contributed by atoms with Crippen molar-refractivity contribution in [3.05, 3.63) is 55.1 Å². The molecule has 0 aliphatic carbocycles. The van der Waals surface area contributed by atoms with Crippen LogP contribution in [0, 0.1) is 0 Å². The zero-order valence-corrected chi connectivity index (χ0v) is 15.3. The Labute approximate surface area is 155 Å². The standard InChI is InChI=1S/C21H28O5/c1-3-15-25-21(23)14-11-18-9-12-19(13-10-18)24-16-7-5-6-8-17-26-20(22)4-2/h3-4,9-10,12-13H,1-2,5-8,11,14-17H2. The van der Waals surface area contributed by atoms with E-state index in [4.69, 9.17) is 14.2 Å². The third-order valence-corrected chi connectivity index (χ3v) is 3.62. The van der Waals surface area contributed by atoms with Gasteiger partial charge in [0.1, 0.15) is 12.4 Å². The van der Waals surface area contributed by atoms with Gasteiger partial charge in [0.15, 0.2) is 0 Å². The van der Waals surface area contributed by atoms with Crippen molar-refractivity contribution in [2.24, 2.45) is 0 Å². The molecule has 26 heavy (non-hydrogen) atoms. The Hall–Kier alpha value is -2.56. The summed E-state index contributed by atoms with van der Waals surface area (Å²) in [5.74, 6) is 0.234. The molecule has 1 aromatic carbocycles. The molecule has 1 aromatic rings. The highest BCUT2D eigenvalue weighted by Crippen LogP contribution is 2.14. The summed E-state index contributed by atoms with van der Waals surface area (Å²) >= 11 is 0. The summed E-state index contributed by atoms with van der Waals surface area (Å²) in [6.45, 7) is 8.20. The maximum absolute atomic E-state index is 11.4. The van der Waals surface area contributed by atoms with Gasteiger partial charge in [-0.05, 0) is 49.8 Å². The molecule has 142 valence electrons. The zero-order chi connectivity index (χ0) is 19.0.